The van der Waals surface area contributed by atoms with E-state index in [9.17, 15) is 22.8 Å². The predicted octanol–water partition coefficient (Wildman–Crippen LogP) is 0.788. The van der Waals surface area contributed by atoms with Crippen molar-refractivity contribution in [2.45, 2.75) is 38.3 Å². The number of hydrogen-bond donors (Lipinski definition) is 1. The summed E-state index contributed by atoms with van der Waals surface area (Å²) in [6.45, 7) is 1.44. The van der Waals surface area contributed by atoms with Crippen molar-refractivity contribution in [1.29, 1.82) is 0 Å². The number of hydrogen-bond acceptors (Lipinski definition) is 8. The molecule has 2 heterocycles. The third-order valence-corrected chi connectivity index (χ3v) is 6.90. The van der Waals surface area contributed by atoms with Gasteiger partial charge in [0.15, 0.2) is 15.9 Å². The number of sulfone groups is 1. The van der Waals surface area contributed by atoms with Gasteiger partial charge < -0.3 is 15.0 Å². The Balaban J connectivity index is 1.61. The molecular weight excluding hydrogens is 424 g/mol. The largest absolute Gasteiger partial charge is 0.448 e. The average Bonchev–Trinajstić information content (AvgIpc) is 3.08. The summed E-state index contributed by atoms with van der Waals surface area (Å²) in [4.78, 5) is 39.0. The highest BCUT2D eigenvalue weighted by Gasteiger charge is 2.37. The summed E-state index contributed by atoms with van der Waals surface area (Å²) >= 11 is 0. The van der Waals surface area contributed by atoms with Crippen molar-refractivity contribution in [1.82, 2.24) is 5.01 Å². The number of amides is 2. The number of hydrazone groups is 1. The van der Waals surface area contributed by atoms with Gasteiger partial charge in [-0.2, -0.15) is 5.10 Å². The van der Waals surface area contributed by atoms with Gasteiger partial charge in [-0.15, -0.1) is 0 Å². The quantitative estimate of drug-likeness (QED) is 0.635. The molecule has 168 valence electrons. The third-order valence-electron chi connectivity index (χ3n) is 5.15. The zero-order valence-electron chi connectivity index (χ0n) is 17.7. The Morgan fingerprint density at radius 2 is 1.90 bits per heavy atom. The summed E-state index contributed by atoms with van der Waals surface area (Å²) in [5.74, 6) is -1.81. The molecule has 1 N–H and O–H groups in total. The molecule has 0 radical (unpaired) electrons. The van der Waals surface area contributed by atoms with Gasteiger partial charge in [-0.1, -0.05) is 0 Å². The Hall–Kier alpha value is -2.95. The van der Waals surface area contributed by atoms with E-state index < -0.39 is 33.9 Å². The van der Waals surface area contributed by atoms with Crippen LogP contribution in [0.4, 0.5) is 11.4 Å². The molecule has 31 heavy (non-hydrogen) atoms. The van der Waals surface area contributed by atoms with E-state index in [1.54, 1.807) is 12.1 Å². The van der Waals surface area contributed by atoms with E-state index in [0.29, 0.717) is 5.69 Å². The number of anilines is 2. The second kappa shape index (κ2) is 9.04. The van der Waals surface area contributed by atoms with E-state index in [1.165, 1.54) is 6.92 Å². The van der Waals surface area contributed by atoms with Crippen molar-refractivity contribution in [2.75, 3.05) is 35.8 Å². The molecule has 2 amide bonds. The molecule has 1 aromatic rings. The highest BCUT2D eigenvalue weighted by Crippen LogP contribution is 2.22. The molecule has 2 atom stereocenters. The fourth-order valence-corrected chi connectivity index (χ4v) is 5.03. The molecule has 0 saturated carbocycles. The summed E-state index contributed by atoms with van der Waals surface area (Å²) < 4.78 is 28.6. The Morgan fingerprint density at radius 1 is 1.23 bits per heavy atom. The summed E-state index contributed by atoms with van der Waals surface area (Å²) in [7, 11) is 0.604. The molecule has 2 aliphatic heterocycles. The summed E-state index contributed by atoms with van der Waals surface area (Å²) in [5, 5.41) is 7.82. The first kappa shape index (κ1) is 22.7. The lowest BCUT2D eigenvalue weighted by Gasteiger charge is -2.27. The number of nitrogens with zero attached hydrogens (tertiary/aromatic N) is 3. The number of rotatable bonds is 6. The van der Waals surface area contributed by atoms with Gasteiger partial charge in [0.2, 0.25) is 5.91 Å². The minimum Gasteiger partial charge on any atom is -0.448 e. The van der Waals surface area contributed by atoms with Crippen LogP contribution < -0.4 is 10.2 Å². The second-order valence-electron chi connectivity index (χ2n) is 7.82. The van der Waals surface area contributed by atoms with Gasteiger partial charge in [-0.3, -0.25) is 9.59 Å². The SMILES string of the molecule is C[C@H](OC(=O)C1=NN([C@@H]2CCS(=O)(=O)C2)C(=O)CC1)C(=O)Nc1ccc(N(C)C)cc1. The van der Waals surface area contributed by atoms with Crippen LogP contribution in [0.15, 0.2) is 29.4 Å². The Bertz CT molecular complexity index is 1000. The van der Waals surface area contributed by atoms with Crippen molar-refractivity contribution in [2.24, 2.45) is 5.10 Å². The highest BCUT2D eigenvalue weighted by atomic mass is 32.2. The zero-order chi connectivity index (χ0) is 22.8. The second-order valence-corrected chi connectivity index (χ2v) is 10.0. The molecule has 3 rings (SSSR count). The van der Waals surface area contributed by atoms with E-state index in [1.807, 2.05) is 31.1 Å². The van der Waals surface area contributed by atoms with Crippen LogP contribution in [0.5, 0.6) is 0 Å². The predicted molar refractivity (Wildman–Crippen MR) is 116 cm³/mol. The first-order valence-electron chi connectivity index (χ1n) is 9.95. The molecule has 0 unspecified atom stereocenters. The van der Waals surface area contributed by atoms with Crippen molar-refractivity contribution in [3.63, 3.8) is 0 Å². The lowest BCUT2D eigenvalue weighted by atomic mass is 10.1. The van der Waals surface area contributed by atoms with E-state index >= 15 is 0 Å². The number of nitrogens with one attached hydrogen (secondary N) is 1. The van der Waals surface area contributed by atoms with Gasteiger partial charge >= 0.3 is 5.97 Å². The van der Waals surface area contributed by atoms with E-state index in [2.05, 4.69) is 10.4 Å². The Kier molecular flexibility index (Phi) is 6.63. The molecular formula is C20H26N4O6S. The lowest BCUT2D eigenvalue weighted by molar-refractivity contribution is -0.147. The van der Waals surface area contributed by atoms with Crippen molar-refractivity contribution >= 4 is 44.7 Å². The molecule has 0 aliphatic carbocycles. The summed E-state index contributed by atoms with van der Waals surface area (Å²) in [6.07, 6.45) is -0.690. The normalized spacial score (nSPS) is 21.3. The maximum absolute atomic E-state index is 12.5. The molecule has 0 aromatic heterocycles. The Morgan fingerprint density at radius 3 is 2.48 bits per heavy atom. The van der Waals surface area contributed by atoms with Crippen LogP contribution in [0.3, 0.4) is 0 Å². The first-order valence-corrected chi connectivity index (χ1v) is 11.8. The number of esters is 1. The van der Waals surface area contributed by atoms with Crippen LogP contribution in [0.1, 0.15) is 26.2 Å². The number of ether oxygens (including phenoxy) is 1. The molecule has 0 bridgehead atoms. The van der Waals surface area contributed by atoms with Gasteiger partial charge in [0.05, 0.1) is 17.5 Å². The molecule has 0 spiro atoms. The Labute approximate surface area is 181 Å². The monoisotopic (exact) mass is 450 g/mol. The van der Waals surface area contributed by atoms with Crippen molar-refractivity contribution in [3.8, 4) is 0 Å². The lowest BCUT2D eigenvalue weighted by Crippen LogP contribution is -2.42. The van der Waals surface area contributed by atoms with Gasteiger partial charge in [0.25, 0.3) is 5.91 Å². The molecule has 2 aliphatic rings. The van der Waals surface area contributed by atoms with Crippen LogP contribution in [-0.4, -0.2) is 74.7 Å². The van der Waals surface area contributed by atoms with E-state index in [4.69, 9.17) is 4.74 Å². The standard InChI is InChI=1S/C20H26N4O6S/c1-13(19(26)21-14-4-6-15(7-5-14)23(2)3)30-20(27)17-8-9-18(25)24(22-17)16-10-11-31(28,29)12-16/h4-7,13,16H,8-12H2,1-3H3,(H,21,26)/t13-,16+/m0/s1. The molecule has 1 saturated heterocycles. The van der Waals surface area contributed by atoms with Crippen LogP contribution in [0.2, 0.25) is 0 Å². The number of carbonyl (C=O) groups excluding carboxylic acids is 3. The van der Waals surface area contributed by atoms with Gasteiger partial charge in [-0.25, -0.2) is 18.2 Å². The maximum Gasteiger partial charge on any atom is 0.355 e. The summed E-state index contributed by atoms with van der Waals surface area (Å²) in [6, 6.07) is 6.60. The highest BCUT2D eigenvalue weighted by molar-refractivity contribution is 7.91. The molecule has 1 fully saturated rings. The number of benzene rings is 1. The summed E-state index contributed by atoms with van der Waals surface area (Å²) in [5.41, 5.74) is 1.54. The fraction of sp³-hybridized carbons (Fsp3) is 0.500. The van der Waals surface area contributed by atoms with Crippen LogP contribution in [-0.2, 0) is 29.0 Å². The maximum atomic E-state index is 12.5. The topological polar surface area (TPSA) is 125 Å². The van der Waals surface area contributed by atoms with Crippen molar-refractivity contribution < 1.29 is 27.5 Å². The van der Waals surface area contributed by atoms with Gasteiger partial charge in [0, 0.05) is 38.3 Å². The molecule has 11 heteroatoms. The van der Waals surface area contributed by atoms with Crippen molar-refractivity contribution in [3.05, 3.63) is 24.3 Å². The fourth-order valence-electron chi connectivity index (χ4n) is 3.34. The zero-order valence-corrected chi connectivity index (χ0v) is 18.5. The first-order chi connectivity index (χ1) is 14.6. The average molecular weight is 451 g/mol. The molecule has 10 nitrogen and oxygen atoms in total. The van der Waals surface area contributed by atoms with E-state index in [0.717, 1.165) is 10.7 Å². The van der Waals surface area contributed by atoms with Gasteiger partial charge in [-0.05, 0) is 37.6 Å². The smallest absolute Gasteiger partial charge is 0.355 e. The van der Waals surface area contributed by atoms with E-state index in [-0.39, 0.29) is 42.4 Å². The van der Waals surface area contributed by atoms with Crippen LogP contribution in [0.25, 0.3) is 0 Å². The molecule has 1 aromatic carbocycles. The minimum atomic E-state index is -3.21. The number of carbonyl (C=O) groups is 3. The minimum absolute atomic E-state index is 0.00103. The van der Waals surface area contributed by atoms with Gasteiger partial charge in [0.1, 0.15) is 5.71 Å². The third kappa shape index (κ3) is 5.60. The van der Waals surface area contributed by atoms with Crippen LogP contribution >= 0.6 is 0 Å². The van der Waals surface area contributed by atoms with Crippen LogP contribution in [0, 0.1) is 0 Å².